The molecule has 2 aromatic heterocycles. The molecule has 0 atom stereocenters. The van der Waals surface area contributed by atoms with Gasteiger partial charge in [-0.3, -0.25) is 9.36 Å². The van der Waals surface area contributed by atoms with E-state index >= 15 is 13.2 Å². The number of halogens is 3. The highest BCUT2D eigenvalue weighted by Crippen LogP contribution is 2.33. The van der Waals surface area contributed by atoms with E-state index in [1.165, 1.54) is 18.2 Å². The van der Waals surface area contributed by atoms with Crippen LogP contribution in [0.2, 0.25) is 0 Å². The van der Waals surface area contributed by atoms with Crippen molar-refractivity contribution in [3.8, 4) is 5.82 Å². The molecule has 1 amide bonds. The van der Waals surface area contributed by atoms with E-state index in [9.17, 15) is 4.79 Å². The summed E-state index contributed by atoms with van der Waals surface area (Å²) in [5.74, 6) is -3.90. The van der Waals surface area contributed by atoms with Crippen molar-refractivity contribution in [2.24, 2.45) is 0 Å². The molecule has 39 heavy (non-hydrogen) atoms. The van der Waals surface area contributed by atoms with E-state index in [1.54, 1.807) is 41.2 Å². The van der Waals surface area contributed by atoms with Crippen molar-refractivity contribution in [1.29, 1.82) is 0 Å². The lowest BCUT2D eigenvalue weighted by Crippen LogP contribution is -2.38. The zero-order valence-electron chi connectivity index (χ0n) is 21.1. The largest absolute Gasteiger partial charge is 0.384 e. The number of imidazole rings is 1. The number of nitrogen functional groups attached to an aromatic ring is 1. The number of aromatic nitrogens is 4. The Hall–Kier alpha value is -4.65. The predicted molar refractivity (Wildman–Crippen MR) is 140 cm³/mol. The number of morpholine rings is 1. The topological polar surface area (TPSA) is 123 Å². The molecule has 0 unspecified atom stereocenters. The standard InChI is InChI=1S/C26H25F3N8O2/c1-14-3-4-16(11-17(14)35-26-31-5-6-37(26)19-12-18(30)32-13-33-19)34-25(38)20-21(27)15(2)24(23(29)22(20)28)36-7-9-39-10-8-36/h3-6,11-13H,7-10H2,1-2H3,(H,31,35)(H,34,38)(H2,30,32,33). The van der Waals surface area contributed by atoms with Crippen molar-refractivity contribution in [3.63, 3.8) is 0 Å². The molecule has 1 aliphatic heterocycles. The Labute approximate surface area is 221 Å². The third kappa shape index (κ3) is 5.08. The smallest absolute Gasteiger partial charge is 0.261 e. The number of aryl methyl sites for hydroxylation is 1. The highest BCUT2D eigenvalue weighted by atomic mass is 19.2. The Morgan fingerprint density at radius 3 is 2.54 bits per heavy atom. The Bertz CT molecular complexity index is 1520. The lowest BCUT2D eigenvalue weighted by Gasteiger charge is -2.31. The van der Waals surface area contributed by atoms with Crippen molar-refractivity contribution in [2.75, 3.05) is 47.6 Å². The fraction of sp³-hybridized carbons (Fsp3) is 0.231. The minimum atomic E-state index is -1.55. The first-order valence-corrected chi connectivity index (χ1v) is 12.0. The van der Waals surface area contributed by atoms with Gasteiger partial charge in [0, 0.05) is 48.5 Å². The average Bonchev–Trinajstić information content (AvgIpc) is 3.38. The molecule has 4 N–H and O–H groups in total. The van der Waals surface area contributed by atoms with E-state index in [2.05, 4.69) is 25.6 Å². The van der Waals surface area contributed by atoms with Gasteiger partial charge in [-0.15, -0.1) is 0 Å². The number of hydrogen-bond donors (Lipinski definition) is 3. The summed E-state index contributed by atoms with van der Waals surface area (Å²) in [6.07, 6.45) is 4.56. The molecule has 5 rings (SSSR count). The summed E-state index contributed by atoms with van der Waals surface area (Å²) in [4.78, 5) is 26.9. The van der Waals surface area contributed by atoms with Crippen molar-refractivity contribution in [3.05, 3.63) is 77.1 Å². The number of nitrogens with one attached hydrogen (secondary N) is 2. The monoisotopic (exact) mass is 538 g/mol. The van der Waals surface area contributed by atoms with Crippen LogP contribution in [0.25, 0.3) is 5.82 Å². The van der Waals surface area contributed by atoms with E-state index in [1.807, 2.05) is 6.92 Å². The van der Waals surface area contributed by atoms with Gasteiger partial charge >= 0.3 is 0 Å². The van der Waals surface area contributed by atoms with Gasteiger partial charge in [-0.2, -0.15) is 0 Å². The fourth-order valence-electron chi connectivity index (χ4n) is 4.35. The van der Waals surface area contributed by atoms with Gasteiger partial charge in [-0.05, 0) is 31.5 Å². The molecule has 0 spiro atoms. The highest BCUT2D eigenvalue weighted by Gasteiger charge is 2.30. The third-order valence-corrected chi connectivity index (χ3v) is 6.38. The molecule has 1 aliphatic rings. The lowest BCUT2D eigenvalue weighted by molar-refractivity contribution is 0.101. The van der Waals surface area contributed by atoms with Crippen LogP contribution in [0.5, 0.6) is 0 Å². The molecule has 13 heteroatoms. The van der Waals surface area contributed by atoms with E-state index in [4.69, 9.17) is 10.5 Å². The number of benzene rings is 2. The first-order chi connectivity index (χ1) is 18.7. The number of carbonyl (C=O) groups is 1. The second kappa shape index (κ2) is 10.6. The molecule has 202 valence electrons. The summed E-state index contributed by atoms with van der Waals surface area (Å²) < 4.78 is 52.3. The quantitative estimate of drug-likeness (QED) is 0.314. The zero-order chi connectivity index (χ0) is 27.7. The minimum absolute atomic E-state index is 0.149. The number of rotatable bonds is 6. The van der Waals surface area contributed by atoms with Crippen LogP contribution in [0.4, 0.5) is 42.0 Å². The summed E-state index contributed by atoms with van der Waals surface area (Å²) >= 11 is 0. The molecule has 10 nitrogen and oxygen atoms in total. The third-order valence-electron chi connectivity index (χ3n) is 6.38. The van der Waals surface area contributed by atoms with Crippen LogP contribution < -0.4 is 21.3 Å². The predicted octanol–water partition coefficient (Wildman–Crippen LogP) is 4.11. The Balaban J connectivity index is 1.41. The molecule has 4 aromatic rings. The maximum atomic E-state index is 15.3. The molecule has 0 aliphatic carbocycles. The Morgan fingerprint density at radius 1 is 1.03 bits per heavy atom. The fourth-order valence-corrected chi connectivity index (χ4v) is 4.35. The van der Waals surface area contributed by atoms with Gasteiger partial charge in [-0.25, -0.2) is 28.1 Å². The van der Waals surface area contributed by atoms with Crippen LogP contribution in [-0.2, 0) is 4.74 Å². The number of nitrogens with two attached hydrogens (primary N) is 1. The van der Waals surface area contributed by atoms with Crippen LogP contribution in [0.3, 0.4) is 0 Å². The molecule has 0 radical (unpaired) electrons. The van der Waals surface area contributed by atoms with Crippen molar-refractivity contribution >= 4 is 34.7 Å². The first kappa shape index (κ1) is 26.0. The second-order valence-electron chi connectivity index (χ2n) is 8.92. The molecule has 1 fully saturated rings. The highest BCUT2D eigenvalue weighted by molar-refractivity contribution is 6.05. The van der Waals surface area contributed by atoms with Gasteiger partial charge < -0.3 is 26.0 Å². The maximum Gasteiger partial charge on any atom is 0.261 e. The maximum absolute atomic E-state index is 15.3. The summed E-state index contributed by atoms with van der Waals surface area (Å²) in [7, 11) is 0. The van der Waals surface area contributed by atoms with E-state index < -0.39 is 28.9 Å². The van der Waals surface area contributed by atoms with Crippen LogP contribution in [0.15, 0.2) is 43.0 Å². The van der Waals surface area contributed by atoms with E-state index in [-0.39, 0.29) is 35.8 Å². The molecule has 2 aromatic carbocycles. The number of amides is 1. The number of carbonyl (C=O) groups excluding carboxylic acids is 1. The van der Waals surface area contributed by atoms with Gasteiger partial charge in [0.2, 0.25) is 5.95 Å². The minimum Gasteiger partial charge on any atom is -0.384 e. The van der Waals surface area contributed by atoms with Crippen molar-refractivity contribution in [2.45, 2.75) is 13.8 Å². The summed E-state index contributed by atoms with van der Waals surface area (Å²) in [6, 6.07) is 6.41. The van der Waals surface area contributed by atoms with E-state index in [0.29, 0.717) is 30.7 Å². The average molecular weight is 539 g/mol. The number of anilines is 5. The Kier molecular flexibility index (Phi) is 7.07. The summed E-state index contributed by atoms with van der Waals surface area (Å²) in [5, 5.41) is 5.62. The Morgan fingerprint density at radius 2 is 1.79 bits per heavy atom. The lowest BCUT2D eigenvalue weighted by atomic mass is 10.0. The second-order valence-corrected chi connectivity index (χ2v) is 8.92. The molecule has 3 heterocycles. The SMILES string of the molecule is Cc1ccc(NC(=O)c2c(F)c(C)c(N3CCOCC3)c(F)c2F)cc1Nc1nccn1-c1cc(N)ncn1. The van der Waals surface area contributed by atoms with Crippen LogP contribution in [0.1, 0.15) is 21.5 Å². The molecule has 0 bridgehead atoms. The van der Waals surface area contributed by atoms with Crippen molar-refractivity contribution < 1.29 is 22.7 Å². The van der Waals surface area contributed by atoms with Gasteiger partial charge in [0.05, 0.1) is 18.9 Å². The van der Waals surface area contributed by atoms with Crippen LogP contribution >= 0.6 is 0 Å². The molecular formula is C26H25F3N8O2. The molecule has 0 saturated carbocycles. The number of hydrogen-bond acceptors (Lipinski definition) is 8. The normalized spacial score (nSPS) is 13.4. The van der Waals surface area contributed by atoms with Gasteiger partial charge in [0.15, 0.2) is 11.6 Å². The zero-order valence-corrected chi connectivity index (χ0v) is 21.1. The number of ether oxygens (including phenoxy) is 1. The van der Waals surface area contributed by atoms with Gasteiger partial charge in [0.1, 0.15) is 29.3 Å². The van der Waals surface area contributed by atoms with Crippen LogP contribution in [-0.4, -0.2) is 51.7 Å². The number of nitrogens with zero attached hydrogens (tertiary/aromatic N) is 5. The van der Waals surface area contributed by atoms with Crippen molar-refractivity contribution in [1.82, 2.24) is 19.5 Å². The van der Waals surface area contributed by atoms with Gasteiger partial charge in [0.25, 0.3) is 5.91 Å². The summed E-state index contributed by atoms with van der Waals surface area (Å²) in [5.41, 5.74) is 5.99. The van der Waals surface area contributed by atoms with Crippen LogP contribution in [0, 0.1) is 31.3 Å². The van der Waals surface area contributed by atoms with Gasteiger partial charge in [-0.1, -0.05) is 6.07 Å². The molecular weight excluding hydrogens is 513 g/mol. The molecule has 1 saturated heterocycles. The summed E-state index contributed by atoms with van der Waals surface area (Å²) in [6.45, 7) is 4.32. The first-order valence-electron chi connectivity index (χ1n) is 12.0. The van der Waals surface area contributed by atoms with E-state index in [0.717, 1.165) is 5.56 Å².